The lowest BCUT2D eigenvalue weighted by Crippen LogP contribution is -2.24. The first-order chi connectivity index (χ1) is 16.9. The van der Waals surface area contributed by atoms with Crippen molar-refractivity contribution >= 4 is 40.9 Å². The Labute approximate surface area is 205 Å². The van der Waals surface area contributed by atoms with Gasteiger partial charge in [-0.1, -0.05) is 51.1 Å². The molecule has 180 valence electrons. The van der Waals surface area contributed by atoms with Crippen molar-refractivity contribution in [3.63, 3.8) is 0 Å². The molecule has 1 heterocycles. The molecule has 1 aromatic heterocycles. The van der Waals surface area contributed by atoms with Crippen LogP contribution >= 0.6 is 0 Å². The lowest BCUT2D eigenvalue weighted by molar-refractivity contribution is -0.132. The summed E-state index contributed by atoms with van der Waals surface area (Å²) in [4.78, 5) is 26.2. The van der Waals surface area contributed by atoms with E-state index in [1.165, 1.54) is 6.08 Å². The third-order valence-corrected chi connectivity index (χ3v) is 5.78. The average Bonchev–Trinajstić information content (AvgIpc) is 2.85. The summed E-state index contributed by atoms with van der Waals surface area (Å²) in [6.07, 6.45) is 7.68. The van der Waals surface area contributed by atoms with Crippen LogP contribution in [0.15, 0.2) is 57.2 Å². The van der Waals surface area contributed by atoms with E-state index in [-0.39, 0.29) is 11.2 Å². The molecule has 0 unspecified atom stereocenters. The summed E-state index contributed by atoms with van der Waals surface area (Å²) in [5, 5.41) is 18.8. The Kier molecular flexibility index (Phi) is 8.63. The molecule has 0 aliphatic rings. The zero-order valence-electron chi connectivity index (χ0n) is 20.4. The first-order valence-electron chi connectivity index (χ1n) is 11.9. The van der Waals surface area contributed by atoms with E-state index in [0.29, 0.717) is 23.1 Å². The van der Waals surface area contributed by atoms with Crippen LogP contribution in [-0.4, -0.2) is 24.2 Å². The highest BCUT2D eigenvalue weighted by atomic mass is 16.4. The van der Waals surface area contributed by atoms with E-state index in [0.717, 1.165) is 48.1 Å². The number of aliphatic carboxylic acids is 1. The van der Waals surface area contributed by atoms with Gasteiger partial charge in [-0.15, -0.1) is 0 Å². The van der Waals surface area contributed by atoms with E-state index in [1.807, 2.05) is 25.1 Å². The Morgan fingerprint density at radius 2 is 1.69 bits per heavy atom. The smallest absolute Gasteiger partial charge is 0.346 e. The minimum Gasteiger partial charge on any atom is -0.477 e. The van der Waals surface area contributed by atoms with Crippen molar-refractivity contribution < 1.29 is 14.3 Å². The molecule has 6 nitrogen and oxygen atoms in total. The summed E-state index contributed by atoms with van der Waals surface area (Å²) in [5.74, 6) is -1.26. The Bertz CT molecular complexity index is 1350. The number of nitrogens with zero attached hydrogens (tertiary/aromatic N) is 2. The van der Waals surface area contributed by atoms with Crippen molar-refractivity contribution in [1.29, 1.82) is 5.26 Å². The summed E-state index contributed by atoms with van der Waals surface area (Å²) in [6.45, 7) is 8.24. The molecule has 0 spiro atoms. The second-order valence-corrected chi connectivity index (χ2v) is 8.28. The van der Waals surface area contributed by atoms with Crippen molar-refractivity contribution in [3.8, 4) is 6.07 Å². The van der Waals surface area contributed by atoms with Gasteiger partial charge in [0.05, 0.1) is 5.56 Å². The summed E-state index contributed by atoms with van der Waals surface area (Å²) < 4.78 is 5.74. The molecule has 0 saturated carbocycles. The van der Waals surface area contributed by atoms with Gasteiger partial charge >= 0.3 is 11.6 Å². The van der Waals surface area contributed by atoms with Gasteiger partial charge in [-0.25, -0.2) is 9.59 Å². The van der Waals surface area contributed by atoms with E-state index in [4.69, 9.17) is 14.8 Å². The van der Waals surface area contributed by atoms with Crippen LogP contribution in [0, 0.1) is 11.3 Å². The maximum absolute atomic E-state index is 12.9. The molecular formula is C29H30N2O4. The Morgan fingerprint density at radius 1 is 1.03 bits per heavy atom. The van der Waals surface area contributed by atoms with Crippen molar-refractivity contribution in [2.24, 2.45) is 0 Å². The van der Waals surface area contributed by atoms with Crippen molar-refractivity contribution in [3.05, 3.63) is 80.7 Å². The molecule has 1 N–H and O–H groups in total. The van der Waals surface area contributed by atoms with E-state index >= 15 is 0 Å². The van der Waals surface area contributed by atoms with E-state index < -0.39 is 5.97 Å². The first kappa shape index (κ1) is 25.5. The maximum atomic E-state index is 12.9. The number of hydrogen-bond acceptors (Lipinski definition) is 5. The molecule has 0 aliphatic heterocycles. The molecule has 35 heavy (non-hydrogen) atoms. The fourth-order valence-corrected chi connectivity index (χ4v) is 4.12. The zero-order valence-corrected chi connectivity index (χ0v) is 20.4. The number of carboxylic acids is 1. The number of carbonyl (C=O) groups is 1. The average molecular weight is 471 g/mol. The van der Waals surface area contributed by atoms with Crippen LogP contribution in [0.4, 0.5) is 5.69 Å². The number of fused-ring (bicyclic) bond motifs is 1. The summed E-state index contributed by atoms with van der Waals surface area (Å²) >= 11 is 0. The Hall–Kier alpha value is -4.11. The lowest BCUT2D eigenvalue weighted by atomic mass is 10.0. The molecule has 0 amide bonds. The fourth-order valence-electron chi connectivity index (χ4n) is 4.12. The second kappa shape index (κ2) is 11.8. The predicted molar refractivity (Wildman–Crippen MR) is 141 cm³/mol. The molecular weight excluding hydrogens is 440 g/mol. The van der Waals surface area contributed by atoms with Crippen LogP contribution in [0.5, 0.6) is 0 Å². The topological polar surface area (TPSA) is 94.5 Å². The molecule has 0 fully saturated rings. The standard InChI is InChI=1S/C29H30N2O4/c1-4-15-31(16-5-2)23-12-14-25-24(6-3)26(29(34)35-27(25)18-23)13-11-20-7-9-21(10-8-20)17-22(19-30)28(32)33/h7-14,17-18H,4-6,15-16H2,1-3H3,(H,32,33)/b13-11+,22-17+. The molecule has 0 atom stereocenters. The van der Waals surface area contributed by atoms with Crippen molar-refractivity contribution in [2.45, 2.75) is 40.0 Å². The van der Waals surface area contributed by atoms with Crippen LogP contribution in [0.2, 0.25) is 0 Å². The van der Waals surface area contributed by atoms with Crippen LogP contribution in [0.1, 0.15) is 55.9 Å². The molecule has 3 aromatic rings. The number of rotatable bonds is 10. The SMILES string of the molecule is CCCN(CCC)c1ccc2c(CC)c(/C=C/c3ccc(/C=C(\C#N)C(=O)O)cc3)c(=O)oc2c1. The number of carboxylic acid groups (broad SMARTS) is 1. The van der Waals surface area contributed by atoms with Gasteiger partial charge < -0.3 is 14.4 Å². The Morgan fingerprint density at radius 3 is 2.26 bits per heavy atom. The molecule has 0 aliphatic carbocycles. The van der Waals surface area contributed by atoms with Gasteiger partial charge in [-0.3, -0.25) is 0 Å². The third-order valence-electron chi connectivity index (χ3n) is 5.78. The van der Waals surface area contributed by atoms with Crippen LogP contribution < -0.4 is 10.5 Å². The normalized spacial score (nSPS) is 11.7. The lowest BCUT2D eigenvalue weighted by Gasteiger charge is -2.24. The quantitative estimate of drug-likeness (QED) is 0.217. The van der Waals surface area contributed by atoms with E-state index in [1.54, 1.807) is 36.4 Å². The molecule has 2 aromatic carbocycles. The van der Waals surface area contributed by atoms with Gasteiger partial charge in [-0.05, 0) is 60.2 Å². The summed E-state index contributed by atoms with van der Waals surface area (Å²) in [5.41, 5.74) is 3.86. The number of nitriles is 1. The van der Waals surface area contributed by atoms with Crippen LogP contribution in [-0.2, 0) is 11.2 Å². The van der Waals surface area contributed by atoms with Gasteiger partial charge in [0, 0.05) is 30.2 Å². The maximum Gasteiger partial charge on any atom is 0.346 e. The number of anilines is 1. The molecule has 6 heteroatoms. The highest BCUT2D eigenvalue weighted by molar-refractivity contribution is 5.96. The highest BCUT2D eigenvalue weighted by Crippen LogP contribution is 2.27. The fraction of sp³-hybridized carbons (Fsp3) is 0.276. The van der Waals surface area contributed by atoms with Gasteiger partial charge in [0.1, 0.15) is 17.2 Å². The number of benzene rings is 2. The second-order valence-electron chi connectivity index (χ2n) is 8.28. The monoisotopic (exact) mass is 470 g/mol. The van der Waals surface area contributed by atoms with Crippen molar-refractivity contribution in [1.82, 2.24) is 0 Å². The Balaban J connectivity index is 1.95. The van der Waals surface area contributed by atoms with Crippen LogP contribution in [0.3, 0.4) is 0 Å². The summed E-state index contributed by atoms with van der Waals surface area (Å²) in [7, 11) is 0. The van der Waals surface area contributed by atoms with Crippen molar-refractivity contribution in [2.75, 3.05) is 18.0 Å². The third kappa shape index (κ3) is 6.07. The van der Waals surface area contributed by atoms with E-state index in [2.05, 4.69) is 24.8 Å². The summed E-state index contributed by atoms with van der Waals surface area (Å²) in [6, 6.07) is 14.8. The first-order valence-corrected chi connectivity index (χ1v) is 11.9. The number of aryl methyl sites for hydroxylation is 1. The van der Waals surface area contributed by atoms with E-state index in [9.17, 15) is 9.59 Å². The van der Waals surface area contributed by atoms with Gasteiger partial charge in [0.25, 0.3) is 0 Å². The molecule has 0 saturated heterocycles. The minimum absolute atomic E-state index is 0.328. The predicted octanol–water partition coefficient (Wildman–Crippen LogP) is 6.14. The molecule has 0 bridgehead atoms. The highest BCUT2D eigenvalue weighted by Gasteiger charge is 2.14. The van der Waals surface area contributed by atoms with Crippen LogP contribution in [0.25, 0.3) is 29.2 Å². The largest absolute Gasteiger partial charge is 0.477 e. The van der Waals surface area contributed by atoms with Gasteiger partial charge in [-0.2, -0.15) is 5.26 Å². The number of hydrogen-bond donors (Lipinski definition) is 1. The van der Waals surface area contributed by atoms with Gasteiger partial charge in [0.15, 0.2) is 0 Å². The molecule has 0 radical (unpaired) electrons. The zero-order chi connectivity index (χ0) is 25.4. The minimum atomic E-state index is -1.26. The van der Waals surface area contributed by atoms with Gasteiger partial charge in [0.2, 0.25) is 0 Å². The molecule has 3 rings (SSSR count).